The minimum Gasteiger partial charge on any atom is -0.497 e. The van der Waals surface area contributed by atoms with Gasteiger partial charge in [0.2, 0.25) is 0 Å². The zero-order chi connectivity index (χ0) is 21.2. The van der Waals surface area contributed by atoms with Crippen molar-refractivity contribution in [2.45, 2.75) is 57.4 Å². The first-order valence-corrected chi connectivity index (χ1v) is 11.7. The van der Waals surface area contributed by atoms with Crippen LogP contribution in [0.2, 0.25) is 0 Å². The lowest BCUT2D eigenvalue weighted by Crippen LogP contribution is -2.54. The number of aliphatic imine (C=N–C) groups is 1. The molecule has 0 spiro atoms. The van der Waals surface area contributed by atoms with Crippen LogP contribution in [0.15, 0.2) is 29.3 Å². The van der Waals surface area contributed by atoms with E-state index in [1.54, 1.807) is 7.11 Å². The number of halogens is 1. The van der Waals surface area contributed by atoms with E-state index < -0.39 is 0 Å². The van der Waals surface area contributed by atoms with Crippen LogP contribution in [0.4, 0.5) is 0 Å². The monoisotopic (exact) mass is 544 g/mol. The van der Waals surface area contributed by atoms with Crippen LogP contribution in [0.5, 0.6) is 5.75 Å². The summed E-state index contributed by atoms with van der Waals surface area (Å²) in [6, 6.07) is 8.40. The molecule has 2 aliphatic heterocycles. The SMILES string of the molecule is CCNC(=NCC1(N2CCCC2)CCOCC1)NCCC(C)c1ccc(OC)cc1.I. The lowest BCUT2D eigenvalue weighted by Gasteiger charge is -2.43. The Morgan fingerprint density at radius 2 is 1.84 bits per heavy atom. The molecule has 2 saturated heterocycles. The molecular weight excluding hydrogens is 503 g/mol. The molecule has 3 rings (SSSR count). The van der Waals surface area contributed by atoms with E-state index in [0.717, 1.165) is 63.8 Å². The molecule has 1 aromatic carbocycles. The van der Waals surface area contributed by atoms with Gasteiger partial charge in [-0.2, -0.15) is 0 Å². The lowest BCUT2D eigenvalue weighted by molar-refractivity contribution is -0.0139. The van der Waals surface area contributed by atoms with E-state index in [-0.39, 0.29) is 29.5 Å². The number of nitrogens with zero attached hydrogens (tertiary/aromatic N) is 2. The predicted octanol–water partition coefficient (Wildman–Crippen LogP) is 4.01. The highest BCUT2D eigenvalue weighted by atomic mass is 127. The molecule has 2 heterocycles. The van der Waals surface area contributed by atoms with Gasteiger partial charge >= 0.3 is 0 Å². The Kier molecular flexibility index (Phi) is 11.4. The molecular formula is C24H41IN4O2. The molecule has 1 unspecified atom stereocenters. The van der Waals surface area contributed by atoms with E-state index in [1.807, 2.05) is 12.1 Å². The topological polar surface area (TPSA) is 58.1 Å². The molecule has 2 N–H and O–H groups in total. The molecule has 7 heteroatoms. The number of likely N-dealkylation sites (tertiary alicyclic amines) is 1. The molecule has 0 aliphatic carbocycles. The van der Waals surface area contributed by atoms with E-state index in [9.17, 15) is 0 Å². The van der Waals surface area contributed by atoms with Crippen LogP contribution in [0, 0.1) is 0 Å². The van der Waals surface area contributed by atoms with Crippen molar-refractivity contribution in [3.05, 3.63) is 29.8 Å². The molecule has 0 amide bonds. The number of methoxy groups -OCH3 is 1. The van der Waals surface area contributed by atoms with Gasteiger partial charge in [-0.05, 0) is 75.7 Å². The summed E-state index contributed by atoms with van der Waals surface area (Å²) in [5, 5.41) is 6.99. The first kappa shape index (κ1) is 26.2. The van der Waals surface area contributed by atoms with Crippen molar-refractivity contribution in [3.8, 4) is 5.75 Å². The van der Waals surface area contributed by atoms with Gasteiger partial charge in [-0.1, -0.05) is 19.1 Å². The van der Waals surface area contributed by atoms with Gasteiger partial charge in [0.1, 0.15) is 5.75 Å². The molecule has 2 fully saturated rings. The second kappa shape index (κ2) is 13.5. The standard InChI is InChI=1S/C24H40N4O2.HI/c1-4-25-23(26-14-11-20(2)21-7-9-22(29-3)10-8-21)27-19-24(12-17-30-18-13-24)28-15-5-6-16-28;/h7-10,20H,4-6,11-19H2,1-3H3,(H2,25,26,27);1H. The Balaban J connectivity index is 0.00000341. The summed E-state index contributed by atoms with van der Waals surface area (Å²) in [7, 11) is 1.71. The predicted molar refractivity (Wildman–Crippen MR) is 139 cm³/mol. The Morgan fingerprint density at radius 1 is 1.16 bits per heavy atom. The van der Waals surface area contributed by atoms with Gasteiger partial charge < -0.3 is 20.1 Å². The molecule has 6 nitrogen and oxygen atoms in total. The number of benzene rings is 1. The van der Waals surface area contributed by atoms with E-state index >= 15 is 0 Å². The maximum absolute atomic E-state index is 5.67. The maximum Gasteiger partial charge on any atom is 0.191 e. The largest absolute Gasteiger partial charge is 0.497 e. The fourth-order valence-corrected chi connectivity index (χ4v) is 4.59. The number of hydrogen-bond acceptors (Lipinski definition) is 4. The van der Waals surface area contributed by atoms with Crippen LogP contribution in [0.25, 0.3) is 0 Å². The van der Waals surface area contributed by atoms with Crippen molar-refractivity contribution >= 4 is 29.9 Å². The highest BCUT2D eigenvalue weighted by Crippen LogP contribution is 2.31. The molecule has 0 radical (unpaired) electrons. The molecule has 0 bridgehead atoms. The third kappa shape index (κ3) is 7.49. The van der Waals surface area contributed by atoms with Gasteiger partial charge in [-0.15, -0.1) is 24.0 Å². The van der Waals surface area contributed by atoms with Crippen LogP contribution in [-0.2, 0) is 4.74 Å². The third-order valence-corrected chi connectivity index (χ3v) is 6.63. The quantitative estimate of drug-likeness (QED) is 0.280. The molecule has 0 aromatic heterocycles. The van der Waals surface area contributed by atoms with Crippen molar-refractivity contribution < 1.29 is 9.47 Å². The highest BCUT2D eigenvalue weighted by molar-refractivity contribution is 14.0. The van der Waals surface area contributed by atoms with Gasteiger partial charge in [-0.25, -0.2) is 0 Å². The number of ether oxygens (including phenoxy) is 2. The summed E-state index contributed by atoms with van der Waals surface area (Å²) < 4.78 is 10.9. The minimum absolute atomic E-state index is 0. The molecule has 1 atom stereocenters. The van der Waals surface area contributed by atoms with Crippen molar-refractivity contribution in [1.29, 1.82) is 0 Å². The van der Waals surface area contributed by atoms with Gasteiger partial charge in [-0.3, -0.25) is 9.89 Å². The van der Waals surface area contributed by atoms with Crippen molar-refractivity contribution in [2.75, 3.05) is 53.0 Å². The van der Waals surface area contributed by atoms with Crippen LogP contribution >= 0.6 is 24.0 Å². The number of rotatable bonds is 9. The van der Waals surface area contributed by atoms with Crippen LogP contribution in [0.3, 0.4) is 0 Å². The number of hydrogen-bond donors (Lipinski definition) is 2. The van der Waals surface area contributed by atoms with Crippen molar-refractivity contribution in [2.24, 2.45) is 4.99 Å². The van der Waals surface area contributed by atoms with Crippen molar-refractivity contribution in [1.82, 2.24) is 15.5 Å². The fourth-order valence-electron chi connectivity index (χ4n) is 4.59. The van der Waals surface area contributed by atoms with E-state index in [4.69, 9.17) is 14.5 Å². The fraction of sp³-hybridized carbons (Fsp3) is 0.708. The number of nitrogens with one attached hydrogen (secondary N) is 2. The van der Waals surface area contributed by atoms with Crippen molar-refractivity contribution in [3.63, 3.8) is 0 Å². The van der Waals surface area contributed by atoms with Gasteiger partial charge in [0, 0.05) is 31.8 Å². The summed E-state index contributed by atoms with van der Waals surface area (Å²) in [4.78, 5) is 7.70. The summed E-state index contributed by atoms with van der Waals surface area (Å²) in [6.07, 6.45) is 5.86. The summed E-state index contributed by atoms with van der Waals surface area (Å²) in [5.74, 6) is 2.33. The Hall–Kier alpha value is -1.06. The van der Waals surface area contributed by atoms with Gasteiger partial charge in [0.25, 0.3) is 0 Å². The van der Waals surface area contributed by atoms with Crippen LogP contribution < -0.4 is 15.4 Å². The average Bonchev–Trinajstić information content (AvgIpc) is 3.34. The van der Waals surface area contributed by atoms with Gasteiger partial charge in [0.15, 0.2) is 5.96 Å². The molecule has 0 saturated carbocycles. The lowest BCUT2D eigenvalue weighted by atomic mass is 9.88. The summed E-state index contributed by atoms with van der Waals surface area (Å²) >= 11 is 0. The zero-order valence-corrected chi connectivity index (χ0v) is 21.8. The first-order chi connectivity index (χ1) is 14.7. The smallest absolute Gasteiger partial charge is 0.191 e. The molecule has 2 aliphatic rings. The van der Waals surface area contributed by atoms with Crippen LogP contribution in [0.1, 0.15) is 57.4 Å². The summed E-state index contributed by atoms with van der Waals surface area (Å²) in [5.41, 5.74) is 1.52. The minimum atomic E-state index is 0. The third-order valence-electron chi connectivity index (χ3n) is 6.63. The normalized spacial score (nSPS) is 20.0. The van der Waals surface area contributed by atoms with Gasteiger partial charge in [0.05, 0.1) is 13.7 Å². The zero-order valence-electron chi connectivity index (χ0n) is 19.5. The van der Waals surface area contributed by atoms with E-state index in [0.29, 0.717) is 5.92 Å². The molecule has 31 heavy (non-hydrogen) atoms. The second-order valence-corrected chi connectivity index (χ2v) is 8.62. The average molecular weight is 545 g/mol. The Morgan fingerprint density at radius 3 is 2.45 bits per heavy atom. The maximum atomic E-state index is 5.67. The first-order valence-electron chi connectivity index (χ1n) is 11.7. The second-order valence-electron chi connectivity index (χ2n) is 8.62. The molecule has 176 valence electrons. The Labute approximate surface area is 205 Å². The highest BCUT2D eigenvalue weighted by Gasteiger charge is 2.39. The van der Waals surface area contributed by atoms with E-state index in [2.05, 4.69) is 41.5 Å². The molecule has 1 aromatic rings. The van der Waals surface area contributed by atoms with Crippen LogP contribution in [-0.4, -0.2) is 69.4 Å². The summed E-state index contributed by atoms with van der Waals surface area (Å²) in [6.45, 7) is 11.2. The van der Waals surface area contributed by atoms with E-state index in [1.165, 1.54) is 31.5 Å². The number of guanidine groups is 1. The Bertz CT molecular complexity index is 656.